The molecular weight excluding hydrogens is 694 g/mol. The highest BCUT2D eigenvalue weighted by atomic mass is 16.6. The van der Waals surface area contributed by atoms with Gasteiger partial charge in [0.15, 0.2) is 11.6 Å². The van der Waals surface area contributed by atoms with Crippen LogP contribution >= 0.6 is 0 Å². The zero-order valence-corrected chi connectivity index (χ0v) is 30.5. The number of phenols is 1. The van der Waals surface area contributed by atoms with Crippen molar-refractivity contribution in [3.05, 3.63) is 41.7 Å². The van der Waals surface area contributed by atoms with Gasteiger partial charge in [-0.2, -0.15) is 0 Å². The third kappa shape index (κ3) is 20.2. The molecule has 0 aliphatic heterocycles. The molecule has 0 saturated heterocycles. The zero-order chi connectivity index (χ0) is 38.8. The Hall–Kier alpha value is -4.78. The number of ketones is 2. The summed E-state index contributed by atoms with van der Waals surface area (Å²) in [5.41, 5.74) is 6.50. The lowest BCUT2D eigenvalue weighted by molar-refractivity contribution is -0.133. The standard InChI is InChI=1S/C35H53N7O11/c1-3-28(43)24-53-19-18-52-17-16-51-15-14-50-13-11-38-33(47)9-6-27-23-42(41-40-27)12-10-34(48)39-30(20-25-4-7-29(44)8-5-25)31(45)21-26(22-32(36)46)35(49)37-2/h4-5,7-8,23,26,30,44H,3,6,9-22,24H2,1-2H3,(H2,36,46)(H,37,49)(H,38,47)(H,39,48)/t26-,30+/m0/s1. The van der Waals surface area contributed by atoms with Gasteiger partial charge in [-0.15, -0.1) is 5.10 Å². The Morgan fingerprint density at radius 2 is 1.51 bits per heavy atom. The number of aromatic hydroxyl groups is 1. The summed E-state index contributed by atoms with van der Waals surface area (Å²) < 4.78 is 22.9. The van der Waals surface area contributed by atoms with Crippen molar-refractivity contribution >= 4 is 35.2 Å². The first-order valence-corrected chi connectivity index (χ1v) is 17.6. The topological polar surface area (TPSA) is 252 Å². The van der Waals surface area contributed by atoms with Crippen LogP contribution in [0.2, 0.25) is 0 Å². The molecule has 2 aromatic rings. The largest absolute Gasteiger partial charge is 0.508 e. The third-order valence-corrected chi connectivity index (χ3v) is 7.72. The smallest absolute Gasteiger partial charge is 0.223 e. The normalized spacial score (nSPS) is 12.1. The van der Waals surface area contributed by atoms with Crippen LogP contribution in [0.15, 0.2) is 30.5 Å². The SMILES string of the molecule is CCC(=O)COCCOCCOCCOCCNC(=O)CCc1cn(CCC(=O)N[C@H](Cc2ccc(O)cc2)C(=O)C[C@@H](CC(N)=O)C(=O)NC)nn1. The Labute approximate surface area is 308 Å². The number of primary amides is 1. The van der Waals surface area contributed by atoms with Gasteiger partial charge in [0.1, 0.15) is 12.4 Å². The Kier molecular flexibility index (Phi) is 21.8. The number of phenolic OH excluding ortho intramolecular Hbond substituents is 1. The third-order valence-electron chi connectivity index (χ3n) is 7.72. The molecule has 0 radical (unpaired) electrons. The molecule has 6 N–H and O–H groups in total. The summed E-state index contributed by atoms with van der Waals surface area (Å²) in [5, 5.41) is 25.6. The van der Waals surface area contributed by atoms with Gasteiger partial charge in [0.05, 0.1) is 70.4 Å². The molecule has 2 rings (SSSR count). The summed E-state index contributed by atoms with van der Waals surface area (Å²) in [7, 11) is 1.39. The molecule has 0 fully saturated rings. The molecule has 1 heterocycles. The summed E-state index contributed by atoms with van der Waals surface area (Å²) in [5.74, 6) is -3.23. The second-order valence-corrected chi connectivity index (χ2v) is 12.0. The number of nitrogens with one attached hydrogen (secondary N) is 3. The molecule has 53 heavy (non-hydrogen) atoms. The molecule has 1 aromatic carbocycles. The zero-order valence-electron chi connectivity index (χ0n) is 30.5. The Bertz CT molecular complexity index is 1440. The van der Waals surface area contributed by atoms with Gasteiger partial charge in [0.25, 0.3) is 0 Å². The van der Waals surface area contributed by atoms with E-state index in [1.165, 1.54) is 23.9 Å². The molecule has 294 valence electrons. The fourth-order valence-corrected chi connectivity index (χ4v) is 4.79. The fourth-order valence-electron chi connectivity index (χ4n) is 4.79. The molecule has 0 saturated carbocycles. The number of hydrogen-bond donors (Lipinski definition) is 5. The van der Waals surface area contributed by atoms with Crippen LogP contribution in [0, 0.1) is 5.92 Å². The number of nitrogens with two attached hydrogens (primary N) is 1. The second kappa shape index (κ2) is 26.1. The highest BCUT2D eigenvalue weighted by molar-refractivity contribution is 5.94. The lowest BCUT2D eigenvalue weighted by Gasteiger charge is -2.21. The van der Waals surface area contributed by atoms with Crippen molar-refractivity contribution in [1.29, 1.82) is 0 Å². The average molecular weight is 748 g/mol. The highest BCUT2D eigenvalue weighted by Crippen LogP contribution is 2.16. The molecule has 18 heteroatoms. The summed E-state index contributed by atoms with van der Waals surface area (Å²) >= 11 is 0. The maximum absolute atomic E-state index is 13.3. The number of hydrogen-bond acceptors (Lipinski definition) is 13. The molecule has 2 atom stereocenters. The van der Waals surface area contributed by atoms with Crippen LogP contribution in [0.25, 0.3) is 0 Å². The number of Topliss-reactive ketones (excluding diaryl/α,β-unsaturated/α-hetero) is 2. The predicted molar refractivity (Wildman–Crippen MR) is 189 cm³/mol. The minimum atomic E-state index is -1.01. The molecule has 1 aromatic heterocycles. The summed E-state index contributed by atoms with van der Waals surface area (Å²) in [4.78, 5) is 73.4. The van der Waals surface area contributed by atoms with Crippen molar-refractivity contribution in [2.45, 2.75) is 64.5 Å². The molecule has 18 nitrogen and oxygen atoms in total. The van der Waals surface area contributed by atoms with Crippen molar-refractivity contribution < 1.29 is 52.8 Å². The minimum absolute atomic E-state index is 0.0405. The van der Waals surface area contributed by atoms with E-state index in [0.717, 1.165) is 0 Å². The molecule has 0 aliphatic carbocycles. The molecule has 0 aliphatic rings. The van der Waals surface area contributed by atoms with Crippen molar-refractivity contribution in [2.75, 3.05) is 66.4 Å². The van der Waals surface area contributed by atoms with Crippen molar-refractivity contribution in [2.24, 2.45) is 11.7 Å². The van der Waals surface area contributed by atoms with Crippen LogP contribution in [0.1, 0.15) is 50.3 Å². The molecular formula is C35H53N7O11. The number of carbonyl (C=O) groups excluding carboxylic acids is 6. The lowest BCUT2D eigenvalue weighted by atomic mass is 9.91. The van der Waals surface area contributed by atoms with E-state index in [9.17, 15) is 33.9 Å². The van der Waals surface area contributed by atoms with Crippen LogP contribution in [0.4, 0.5) is 0 Å². The summed E-state index contributed by atoms with van der Waals surface area (Å²) in [6.45, 7) is 4.99. The predicted octanol–water partition coefficient (Wildman–Crippen LogP) is -0.608. The first-order valence-electron chi connectivity index (χ1n) is 17.6. The summed E-state index contributed by atoms with van der Waals surface area (Å²) in [6.07, 6.45) is 2.01. The van der Waals surface area contributed by atoms with E-state index in [4.69, 9.17) is 24.7 Å². The van der Waals surface area contributed by atoms with Gasteiger partial charge < -0.3 is 45.7 Å². The minimum Gasteiger partial charge on any atom is -0.508 e. The van der Waals surface area contributed by atoms with Gasteiger partial charge in [-0.05, 0) is 24.1 Å². The Morgan fingerprint density at radius 1 is 0.868 bits per heavy atom. The van der Waals surface area contributed by atoms with Gasteiger partial charge in [0.2, 0.25) is 23.6 Å². The Balaban J connectivity index is 1.67. The van der Waals surface area contributed by atoms with E-state index < -0.39 is 35.5 Å². The maximum atomic E-state index is 13.3. The van der Waals surface area contributed by atoms with E-state index >= 15 is 0 Å². The first kappa shape index (κ1) is 44.4. The number of aromatic nitrogens is 3. The number of aryl methyl sites for hydroxylation is 2. The lowest BCUT2D eigenvalue weighted by Crippen LogP contribution is -2.44. The van der Waals surface area contributed by atoms with Gasteiger partial charge >= 0.3 is 0 Å². The second-order valence-electron chi connectivity index (χ2n) is 12.0. The highest BCUT2D eigenvalue weighted by Gasteiger charge is 2.28. The van der Waals surface area contributed by atoms with Crippen LogP contribution in [0.3, 0.4) is 0 Å². The number of benzene rings is 1. The first-order chi connectivity index (χ1) is 25.5. The van der Waals surface area contributed by atoms with Gasteiger partial charge in [-0.1, -0.05) is 24.3 Å². The van der Waals surface area contributed by atoms with Gasteiger partial charge in [-0.25, -0.2) is 0 Å². The van der Waals surface area contributed by atoms with E-state index in [0.29, 0.717) is 76.9 Å². The molecule has 0 unspecified atom stereocenters. The molecule has 4 amide bonds. The van der Waals surface area contributed by atoms with Crippen LogP contribution in [-0.4, -0.2) is 128 Å². The number of rotatable bonds is 30. The number of amides is 4. The van der Waals surface area contributed by atoms with Crippen molar-refractivity contribution in [3.63, 3.8) is 0 Å². The fraction of sp³-hybridized carbons (Fsp3) is 0.600. The van der Waals surface area contributed by atoms with Crippen molar-refractivity contribution in [1.82, 2.24) is 30.9 Å². The average Bonchev–Trinajstić information content (AvgIpc) is 3.60. The van der Waals surface area contributed by atoms with Crippen molar-refractivity contribution in [3.8, 4) is 5.75 Å². The molecule has 0 bridgehead atoms. The molecule has 0 spiro atoms. The van der Waals surface area contributed by atoms with Gasteiger partial charge in [0, 0.05) is 58.3 Å². The quantitative estimate of drug-likeness (QED) is 0.0627. The van der Waals surface area contributed by atoms with Crippen LogP contribution in [-0.2, 0) is 67.1 Å². The maximum Gasteiger partial charge on any atom is 0.223 e. The number of ether oxygens (including phenoxy) is 4. The van der Waals surface area contributed by atoms with E-state index in [2.05, 4.69) is 26.3 Å². The van der Waals surface area contributed by atoms with Gasteiger partial charge in [-0.3, -0.25) is 33.4 Å². The Morgan fingerprint density at radius 3 is 2.13 bits per heavy atom. The van der Waals surface area contributed by atoms with Crippen LogP contribution in [0.5, 0.6) is 5.75 Å². The van der Waals surface area contributed by atoms with E-state index in [1.54, 1.807) is 25.3 Å². The van der Waals surface area contributed by atoms with E-state index in [1.807, 2.05) is 0 Å². The number of carbonyl (C=O) groups is 6. The monoisotopic (exact) mass is 747 g/mol. The van der Waals surface area contributed by atoms with E-state index in [-0.39, 0.29) is 62.7 Å². The summed E-state index contributed by atoms with van der Waals surface area (Å²) in [6, 6.07) is 5.13. The van der Waals surface area contributed by atoms with Crippen LogP contribution < -0.4 is 21.7 Å². The number of nitrogens with zero attached hydrogens (tertiary/aromatic N) is 3.